The highest BCUT2D eigenvalue weighted by atomic mass is 16.5. The van der Waals surface area contributed by atoms with Crippen LogP contribution in [0.1, 0.15) is 22.3 Å². The third-order valence-corrected chi connectivity index (χ3v) is 3.68. The van der Waals surface area contributed by atoms with Gasteiger partial charge in [0.25, 0.3) is 11.8 Å². The normalized spacial score (nSPS) is 10.0. The number of hydrogen-bond acceptors (Lipinski definition) is 5. The number of ether oxygens (including phenoxy) is 2. The maximum atomic E-state index is 11.8. The topological polar surface area (TPSA) is 93.7 Å². The molecule has 2 rings (SSSR count). The van der Waals surface area contributed by atoms with E-state index in [9.17, 15) is 14.4 Å². The van der Waals surface area contributed by atoms with Gasteiger partial charge in [-0.3, -0.25) is 14.4 Å². The first-order valence-electron chi connectivity index (χ1n) is 8.45. The zero-order chi connectivity index (χ0) is 19.6. The zero-order valence-corrected chi connectivity index (χ0v) is 15.3. The molecule has 142 valence electrons. The zero-order valence-electron chi connectivity index (χ0n) is 15.3. The van der Waals surface area contributed by atoms with Crippen molar-refractivity contribution < 1.29 is 23.9 Å². The quantitative estimate of drug-likeness (QED) is 0.696. The molecule has 0 aromatic heterocycles. The van der Waals surface area contributed by atoms with Crippen molar-refractivity contribution in [1.29, 1.82) is 0 Å². The van der Waals surface area contributed by atoms with Crippen molar-refractivity contribution >= 4 is 23.5 Å². The molecule has 0 heterocycles. The van der Waals surface area contributed by atoms with Gasteiger partial charge in [0.05, 0.1) is 13.0 Å². The molecule has 7 nitrogen and oxygen atoms in total. The SMILES string of the molecule is CNC(=O)c1ccc(NC(=O)COC(=O)CCOc2ccccc2C)cc1. The number of aryl methyl sites for hydroxylation is 1. The second-order valence-electron chi connectivity index (χ2n) is 5.73. The average Bonchev–Trinajstić information content (AvgIpc) is 2.68. The Hall–Kier alpha value is -3.35. The van der Waals surface area contributed by atoms with E-state index in [1.807, 2.05) is 31.2 Å². The lowest BCUT2D eigenvalue weighted by atomic mass is 10.2. The fourth-order valence-electron chi connectivity index (χ4n) is 2.23. The highest BCUT2D eigenvalue weighted by Crippen LogP contribution is 2.16. The van der Waals surface area contributed by atoms with Gasteiger partial charge in [0.1, 0.15) is 5.75 Å². The summed E-state index contributed by atoms with van der Waals surface area (Å²) in [5.41, 5.74) is 1.97. The predicted molar refractivity (Wildman–Crippen MR) is 101 cm³/mol. The smallest absolute Gasteiger partial charge is 0.309 e. The molecule has 0 aliphatic heterocycles. The summed E-state index contributed by atoms with van der Waals surface area (Å²) in [6.07, 6.45) is 0.0441. The molecule has 27 heavy (non-hydrogen) atoms. The van der Waals surface area contributed by atoms with E-state index in [0.29, 0.717) is 17.0 Å². The average molecular weight is 370 g/mol. The van der Waals surface area contributed by atoms with Crippen molar-refractivity contribution in [3.8, 4) is 5.75 Å². The Morgan fingerprint density at radius 1 is 1.00 bits per heavy atom. The van der Waals surface area contributed by atoms with E-state index < -0.39 is 11.9 Å². The minimum absolute atomic E-state index is 0.0441. The van der Waals surface area contributed by atoms with Gasteiger partial charge in [0.2, 0.25) is 0 Å². The number of rotatable bonds is 8. The largest absolute Gasteiger partial charge is 0.493 e. The predicted octanol–water partition coefficient (Wildman–Crippen LogP) is 2.31. The fraction of sp³-hybridized carbons (Fsp3) is 0.250. The van der Waals surface area contributed by atoms with Crippen LogP contribution < -0.4 is 15.4 Å². The molecule has 0 aliphatic carbocycles. The summed E-state index contributed by atoms with van der Waals surface area (Å²) in [5.74, 6) is -0.484. The Balaban J connectivity index is 1.69. The summed E-state index contributed by atoms with van der Waals surface area (Å²) in [6, 6.07) is 13.9. The van der Waals surface area contributed by atoms with Crippen LogP contribution in [0.5, 0.6) is 5.75 Å². The summed E-state index contributed by atoms with van der Waals surface area (Å²) in [7, 11) is 1.54. The van der Waals surface area contributed by atoms with E-state index in [2.05, 4.69) is 10.6 Å². The van der Waals surface area contributed by atoms with Gasteiger partial charge in [-0.15, -0.1) is 0 Å². The molecule has 7 heteroatoms. The number of anilines is 1. The van der Waals surface area contributed by atoms with E-state index in [0.717, 1.165) is 5.56 Å². The van der Waals surface area contributed by atoms with Crippen molar-refractivity contribution in [3.05, 3.63) is 59.7 Å². The standard InChI is InChI=1S/C20H22N2O5/c1-14-5-3-4-6-17(14)26-12-11-19(24)27-13-18(23)22-16-9-7-15(8-10-16)20(25)21-2/h3-10H,11-13H2,1-2H3,(H,21,25)(H,22,23). The number of esters is 1. The van der Waals surface area contributed by atoms with Gasteiger partial charge in [-0.1, -0.05) is 18.2 Å². The van der Waals surface area contributed by atoms with Crippen molar-refractivity contribution in [2.24, 2.45) is 0 Å². The van der Waals surface area contributed by atoms with E-state index >= 15 is 0 Å². The number of carbonyl (C=O) groups is 3. The molecule has 0 radical (unpaired) electrons. The van der Waals surface area contributed by atoms with E-state index in [1.54, 1.807) is 31.3 Å². The number of amides is 2. The van der Waals surface area contributed by atoms with Crippen LogP contribution in [0.4, 0.5) is 5.69 Å². The minimum Gasteiger partial charge on any atom is -0.493 e. The van der Waals surface area contributed by atoms with Gasteiger partial charge in [-0.2, -0.15) is 0 Å². The molecule has 2 aromatic carbocycles. The van der Waals surface area contributed by atoms with Crippen LogP contribution in [0.3, 0.4) is 0 Å². The molecule has 0 spiro atoms. The van der Waals surface area contributed by atoms with Crippen molar-refractivity contribution in [2.45, 2.75) is 13.3 Å². The molecule has 0 fully saturated rings. The molecular weight excluding hydrogens is 348 g/mol. The van der Waals surface area contributed by atoms with E-state index in [4.69, 9.17) is 9.47 Å². The van der Waals surface area contributed by atoms with Crippen molar-refractivity contribution in [2.75, 3.05) is 25.6 Å². The third-order valence-electron chi connectivity index (χ3n) is 3.68. The molecule has 0 saturated heterocycles. The summed E-state index contributed by atoms with van der Waals surface area (Å²) in [6.45, 7) is 1.70. The molecule has 0 aliphatic rings. The molecular formula is C20H22N2O5. The molecule has 2 aromatic rings. The van der Waals surface area contributed by atoms with Crippen LogP contribution in [-0.4, -0.2) is 38.0 Å². The lowest BCUT2D eigenvalue weighted by Crippen LogP contribution is -2.22. The third kappa shape index (κ3) is 6.47. The molecule has 2 N–H and O–H groups in total. The lowest BCUT2D eigenvalue weighted by molar-refractivity contribution is -0.147. The molecule has 0 bridgehead atoms. The number of carbonyl (C=O) groups excluding carboxylic acids is 3. The highest BCUT2D eigenvalue weighted by Gasteiger charge is 2.09. The summed E-state index contributed by atoms with van der Waals surface area (Å²) in [4.78, 5) is 35.0. The van der Waals surface area contributed by atoms with Gasteiger partial charge in [-0.05, 0) is 42.8 Å². The Bertz CT molecular complexity index is 802. The first kappa shape index (κ1) is 20.0. The van der Waals surface area contributed by atoms with Gasteiger partial charge < -0.3 is 20.1 Å². The Labute approximate surface area is 157 Å². The van der Waals surface area contributed by atoms with E-state index in [1.165, 1.54) is 0 Å². The van der Waals surface area contributed by atoms with Crippen LogP contribution in [0.15, 0.2) is 48.5 Å². The monoisotopic (exact) mass is 370 g/mol. The van der Waals surface area contributed by atoms with Crippen LogP contribution in [-0.2, 0) is 14.3 Å². The van der Waals surface area contributed by atoms with Crippen LogP contribution in [0, 0.1) is 6.92 Å². The first-order chi connectivity index (χ1) is 13.0. The van der Waals surface area contributed by atoms with Crippen molar-refractivity contribution in [1.82, 2.24) is 5.32 Å². The second kappa shape index (κ2) is 9.96. The maximum absolute atomic E-state index is 11.8. The molecule has 0 atom stereocenters. The van der Waals surface area contributed by atoms with E-state index in [-0.39, 0.29) is 25.5 Å². The Kier molecular flexibility index (Phi) is 7.37. The van der Waals surface area contributed by atoms with Crippen LogP contribution in [0.2, 0.25) is 0 Å². The number of nitrogens with one attached hydrogen (secondary N) is 2. The highest BCUT2D eigenvalue weighted by molar-refractivity contribution is 5.96. The Morgan fingerprint density at radius 3 is 2.37 bits per heavy atom. The van der Waals surface area contributed by atoms with Gasteiger partial charge in [0.15, 0.2) is 6.61 Å². The maximum Gasteiger partial charge on any atom is 0.309 e. The van der Waals surface area contributed by atoms with Gasteiger partial charge in [0, 0.05) is 18.3 Å². The first-order valence-corrected chi connectivity index (χ1v) is 8.45. The summed E-state index contributed by atoms with van der Waals surface area (Å²) >= 11 is 0. The summed E-state index contributed by atoms with van der Waals surface area (Å²) < 4.78 is 10.4. The van der Waals surface area contributed by atoms with Crippen LogP contribution >= 0.6 is 0 Å². The number of benzene rings is 2. The van der Waals surface area contributed by atoms with Crippen LogP contribution in [0.25, 0.3) is 0 Å². The molecule has 2 amide bonds. The molecule has 0 unspecified atom stereocenters. The van der Waals surface area contributed by atoms with Gasteiger partial charge >= 0.3 is 5.97 Å². The second-order valence-corrected chi connectivity index (χ2v) is 5.73. The number of hydrogen-bond donors (Lipinski definition) is 2. The Morgan fingerprint density at radius 2 is 1.70 bits per heavy atom. The lowest BCUT2D eigenvalue weighted by Gasteiger charge is -2.09. The van der Waals surface area contributed by atoms with Gasteiger partial charge in [-0.25, -0.2) is 0 Å². The fourth-order valence-corrected chi connectivity index (χ4v) is 2.23. The molecule has 0 saturated carbocycles. The minimum atomic E-state index is -0.520. The summed E-state index contributed by atoms with van der Waals surface area (Å²) in [5, 5.41) is 5.10. The van der Waals surface area contributed by atoms with Crippen molar-refractivity contribution in [3.63, 3.8) is 0 Å². The number of para-hydroxylation sites is 1.